The number of anilines is 1. The van der Waals surface area contributed by atoms with Crippen molar-refractivity contribution in [1.82, 2.24) is 28.8 Å². The molecule has 13 heteroatoms. The lowest BCUT2D eigenvalue weighted by molar-refractivity contribution is 0.0224. The number of methoxy groups -OCH3 is 1. The number of pyridine rings is 1. The van der Waals surface area contributed by atoms with Crippen LogP contribution >= 0.6 is 0 Å². The molecular formula is C33H43N7O6. The molecule has 246 valence electrons. The van der Waals surface area contributed by atoms with Crippen molar-refractivity contribution in [2.45, 2.75) is 65.6 Å². The van der Waals surface area contributed by atoms with Crippen LogP contribution in [-0.4, -0.2) is 66.7 Å². The Morgan fingerprint density at radius 1 is 1.15 bits per heavy atom. The molecule has 1 atom stereocenters. The number of hydrogen-bond acceptors (Lipinski definition) is 9. The van der Waals surface area contributed by atoms with Crippen LogP contribution in [0.4, 0.5) is 10.7 Å². The minimum absolute atomic E-state index is 0.260. The third kappa shape index (κ3) is 6.73. The van der Waals surface area contributed by atoms with E-state index in [1.807, 2.05) is 32.9 Å². The van der Waals surface area contributed by atoms with Crippen molar-refractivity contribution in [3.05, 3.63) is 57.6 Å². The van der Waals surface area contributed by atoms with E-state index < -0.39 is 11.6 Å². The van der Waals surface area contributed by atoms with Gasteiger partial charge in [0, 0.05) is 39.9 Å². The third-order valence-corrected chi connectivity index (χ3v) is 8.14. The molecule has 46 heavy (non-hydrogen) atoms. The number of amides is 1. The first-order valence-corrected chi connectivity index (χ1v) is 15.5. The summed E-state index contributed by atoms with van der Waals surface area (Å²) in [7, 11) is 4.63. The smallest absolute Gasteiger partial charge is 0.410 e. The minimum Gasteiger partial charge on any atom is -0.477 e. The maximum Gasteiger partial charge on any atom is 0.410 e. The van der Waals surface area contributed by atoms with Gasteiger partial charge in [-0.3, -0.25) is 4.79 Å². The molecule has 1 amide bonds. The number of nitrogens with zero attached hydrogens (tertiary/aromatic N) is 6. The number of carbonyl (C=O) groups is 2. The summed E-state index contributed by atoms with van der Waals surface area (Å²) < 4.78 is 21.6. The fourth-order valence-corrected chi connectivity index (χ4v) is 5.90. The van der Waals surface area contributed by atoms with Gasteiger partial charge >= 0.3 is 12.1 Å². The van der Waals surface area contributed by atoms with Crippen molar-refractivity contribution in [3.8, 4) is 17.0 Å². The summed E-state index contributed by atoms with van der Waals surface area (Å²) in [5.41, 5.74) is 10.8. The van der Waals surface area contributed by atoms with Crippen LogP contribution < -0.4 is 16.0 Å². The normalized spacial score (nSPS) is 13.8. The Labute approximate surface area is 267 Å². The maximum absolute atomic E-state index is 12.9. The number of esters is 1. The second kappa shape index (κ2) is 12.9. The topological polar surface area (TPSA) is 149 Å². The van der Waals surface area contributed by atoms with E-state index >= 15 is 0 Å². The molecule has 13 nitrogen and oxygen atoms in total. The van der Waals surface area contributed by atoms with E-state index in [0.717, 1.165) is 29.4 Å². The van der Waals surface area contributed by atoms with Crippen LogP contribution in [0.5, 0.6) is 5.88 Å². The number of nitrogen functional groups attached to an aromatic ring is 1. The van der Waals surface area contributed by atoms with Gasteiger partial charge in [0.2, 0.25) is 11.8 Å². The van der Waals surface area contributed by atoms with E-state index in [0.29, 0.717) is 55.6 Å². The lowest BCUT2D eigenvalue weighted by Gasteiger charge is -2.31. The first-order valence-electron chi connectivity index (χ1n) is 15.5. The van der Waals surface area contributed by atoms with Gasteiger partial charge < -0.3 is 34.0 Å². The van der Waals surface area contributed by atoms with Crippen LogP contribution in [0, 0.1) is 5.92 Å². The van der Waals surface area contributed by atoms with Crippen molar-refractivity contribution in [2.24, 2.45) is 20.0 Å². The van der Waals surface area contributed by atoms with Crippen molar-refractivity contribution >= 4 is 29.0 Å². The molecule has 4 aromatic rings. The van der Waals surface area contributed by atoms with Crippen molar-refractivity contribution in [2.75, 3.05) is 26.0 Å². The fourth-order valence-electron chi connectivity index (χ4n) is 5.90. The van der Waals surface area contributed by atoms with Crippen LogP contribution in [0.2, 0.25) is 0 Å². The molecule has 0 saturated heterocycles. The number of benzene rings is 1. The predicted molar refractivity (Wildman–Crippen MR) is 174 cm³/mol. The number of ether oxygens (including phenoxy) is 3. The van der Waals surface area contributed by atoms with E-state index in [4.69, 9.17) is 19.9 Å². The van der Waals surface area contributed by atoms with Gasteiger partial charge in [-0.15, -0.1) is 0 Å². The Morgan fingerprint density at radius 2 is 1.91 bits per heavy atom. The molecule has 1 aromatic carbocycles. The highest BCUT2D eigenvalue weighted by Gasteiger charge is 2.28. The fraction of sp³-hybridized carbons (Fsp3) is 0.485. The Morgan fingerprint density at radius 3 is 2.63 bits per heavy atom. The number of nitrogens with two attached hydrogens (primary N) is 1. The highest BCUT2D eigenvalue weighted by atomic mass is 16.6. The summed E-state index contributed by atoms with van der Waals surface area (Å²) in [6.07, 6.45) is 5.00. The largest absolute Gasteiger partial charge is 0.477 e. The highest BCUT2D eigenvalue weighted by molar-refractivity contribution is 5.90. The minimum atomic E-state index is -0.550. The second-order valence-electron chi connectivity index (χ2n) is 12.9. The second-order valence-corrected chi connectivity index (χ2v) is 12.9. The molecule has 3 aromatic heterocycles. The van der Waals surface area contributed by atoms with Crippen molar-refractivity contribution in [1.29, 1.82) is 0 Å². The quantitative estimate of drug-likeness (QED) is 0.210. The molecule has 4 heterocycles. The number of rotatable bonds is 9. The number of aromatic nitrogens is 5. The first-order chi connectivity index (χ1) is 21.8. The summed E-state index contributed by atoms with van der Waals surface area (Å²) in [4.78, 5) is 44.2. The molecule has 0 bridgehead atoms. The molecule has 2 N–H and O–H groups in total. The highest BCUT2D eigenvalue weighted by Crippen LogP contribution is 2.32. The number of fused-ring (bicyclic) bond motifs is 3. The first kappa shape index (κ1) is 32.6. The van der Waals surface area contributed by atoms with Gasteiger partial charge in [-0.05, 0) is 69.2 Å². The van der Waals surface area contributed by atoms with Gasteiger partial charge in [-0.1, -0.05) is 13.0 Å². The molecule has 0 saturated carbocycles. The van der Waals surface area contributed by atoms with Gasteiger partial charge in [0.05, 0.1) is 47.6 Å². The molecule has 1 aliphatic heterocycles. The third-order valence-electron chi connectivity index (χ3n) is 8.14. The average molecular weight is 634 g/mol. The molecular weight excluding hydrogens is 590 g/mol. The van der Waals surface area contributed by atoms with Gasteiger partial charge in [0.25, 0.3) is 5.56 Å². The Bertz CT molecular complexity index is 1830. The average Bonchev–Trinajstić information content (AvgIpc) is 3.53. The zero-order valence-corrected chi connectivity index (χ0v) is 27.6. The number of aryl methyl sites for hydroxylation is 2. The van der Waals surface area contributed by atoms with Crippen molar-refractivity contribution in [3.63, 3.8) is 0 Å². The summed E-state index contributed by atoms with van der Waals surface area (Å²) in [6, 6.07) is 5.51. The maximum atomic E-state index is 12.9. The Balaban J connectivity index is 1.25. The lowest BCUT2D eigenvalue weighted by atomic mass is 9.97. The summed E-state index contributed by atoms with van der Waals surface area (Å²) >= 11 is 0. The number of carbonyl (C=O) groups excluding carboxylic acids is 2. The predicted octanol–water partition coefficient (Wildman–Crippen LogP) is 4.29. The molecule has 0 radical (unpaired) electrons. The number of imidazole rings is 1. The summed E-state index contributed by atoms with van der Waals surface area (Å²) in [6.45, 7) is 9.91. The zero-order valence-electron chi connectivity index (χ0n) is 27.6. The summed E-state index contributed by atoms with van der Waals surface area (Å²) in [5.74, 6) is 0.642. The lowest BCUT2D eigenvalue weighted by Crippen LogP contribution is -2.40. The molecule has 0 unspecified atom stereocenters. The van der Waals surface area contributed by atoms with E-state index in [1.54, 1.807) is 29.9 Å². The van der Waals surface area contributed by atoms with Crippen LogP contribution in [-0.2, 0) is 43.1 Å². The van der Waals surface area contributed by atoms with Gasteiger partial charge in [-0.25, -0.2) is 19.3 Å². The zero-order chi connectivity index (χ0) is 33.3. The molecule has 5 rings (SSSR count). The van der Waals surface area contributed by atoms with Gasteiger partial charge in [0.1, 0.15) is 5.60 Å². The monoisotopic (exact) mass is 633 g/mol. The van der Waals surface area contributed by atoms with Crippen molar-refractivity contribution < 1.29 is 23.8 Å². The standard InChI is InChI=1S/C33H43N7O6/c1-20(9-8-14-45-29-25(16-35-38(29)6)24-15-22(30(42)44-7)18-37(5)28(24)41)17-40-27-23-12-13-39(32(43)46-33(2,3)4)19-21(23)10-11-26(27)36-31(40)34/h10-11,15-16,18,20H,8-9,12-14,17,19H2,1-7H3,(H2,34,36)/t20-/m1/s1. The van der Waals surface area contributed by atoms with Crippen LogP contribution in [0.15, 0.2) is 35.4 Å². The van der Waals surface area contributed by atoms with E-state index in [9.17, 15) is 14.4 Å². The van der Waals surface area contributed by atoms with E-state index in [1.165, 1.54) is 29.5 Å². The Kier molecular flexibility index (Phi) is 9.13. The Hall–Kier alpha value is -4.81. The number of hydrogen-bond donors (Lipinski definition) is 1. The van der Waals surface area contributed by atoms with Gasteiger partial charge in [-0.2, -0.15) is 5.10 Å². The van der Waals surface area contributed by atoms with Gasteiger partial charge in [0.15, 0.2) is 0 Å². The molecule has 0 fully saturated rings. The molecule has 0 aliphatic carbocycles. The SMILES string of the molecule is COC(=O)c1cc(-c2cnn(C)c2OCCC[C@@H](C)Cn2c(N)nc3ccc4c(c32)CCN(C(=O)OC(C)(C)C)C4)c(=O)n(C)c1. The van der Waals surface area contributed by atoms with E-state index in [2.05, 4.69) is 21.6 Å². The van der Waals surface area contributed by atoms with Crippen LogP contribution in [0.1, 0.15) is 62.0 Å². The van der Waals surface area contributed by atoms with Crippen LogP contribution in [0.25, 0.3) is 22.2 Å². The molecule has 0 spiro atoms. The van der Waals surface area contributed by atoms with Crippen LogP contribution in [0.3, 0.4) is 0 Å². The molecule has 1 aliphatic rings. The summed E-state index contributed by atoms with van der Waals surface area (Å²) in [5, 5.41) is 4.30. The van der Waals surface area contributed by atoms with E-state index in [-0.39, 0.29) is 23.1 Å².